The van der Waals surface area contributed by atoms with Crippen molar-refractivity contribution in [3.63, 3.8) is 0 Å². The van der Waals surface area contributed by atoms with E-state index < -0.39 is 0 Å². The topological polar surface area (TPSA) is 45.6 Å². The van der Waals surface area contributed by atoms with Crippen molar-refractivity contribution in [2.75, 3.05) is 27.2 Å². The summed E-state index contributed by atoms with van der Waals surface area (Å²) in [6.45, 7) is 2.58. The lowest BCUT2D eigenvalue weighted by molar-refractivity contribution is -0.133. The molecule has 0 spiro atoms. The summed E-state index contributed by atoms with van der Waals surface area (Å²) in [5.41, 5.74) is 2.64. The number of fused-ring (bicyclic) bond motifs is 4. The summed E-state index contributed by atoms with van der Waals surface area (Å²) in [6, 6.07) is 10.2. The number of carbonyl (C=O) groups excluding carboxylic acids is 1. The second-order valence-corrected chi connectivity index (χ2v) is 8.34. The molecule has 1 saturated heterocycles. The molecule has 2 aliphatic rings. The molecule has 2 atom stereocenters. The first-order chi connectivity index (χ1) is 13.4. The number of benzene rings is 1. The minimum Gasteiger partial charge on any atom is -0.341 e. The van der Waals surface area contributed by atoms with Crippen molar-refractivity contribution in [1.29, 1.82) is 0 Å². The first-order valence-corrected chi connectivity index (χ1v) is 9.80. The number of hydrogen-bond donors (Lipinski definition) is 0. The van der Waals surface area contributed by atoms with Crippen molar-refractivity contribution in [2.24, 2.45) is 5.92 Å². The van der Waals surface area contributed by atoms with Crippen LogP contribution in [-0.4, -0.2) is 47.5 Å². The molecule has 148 valence electrons. The van der Waals surface area contributed by atoms with Crippen LogP contribution in [-0.2, 0) is 24.3 Å². The molecule has 1 aromatic carbocycles. The molecule has 2 bridgehead atoms. The summed E-state index contributed by atoms with van der Waals surface area (Å²) in [5, 5.41) is 0. The highest BCUT2D eigenvalue weighted by Gasteiger charge is 2.36. The molecule has 1 amide bonds. The zero-order valence-corrected chi connectivity index (χ0v) is 16.4. The standard InChI is InChI=1S/C22H26FN3O2/c1-24(2)13-17-6-7-20-18-8-16(12-26(20)22(17)28)11-25(14-18)21(27)10-15-4-3-5-19(23)9-15/h3-7,9,16,18H,8,10-14H2,1-2H3/t16-,18+/m0/s1. The third-order valence-electron chi connectivity index (χ3n) is 5.77. The third-order valence-corrected chi connectivity index (χ3v) is 5.77. The molecule has 5 nitrogen and oxygen atoms in total. The van der Waals surface area contributed by atoms with Gasteiger partial charge >= 0.3 is 0 Å². The van der Waals surface area contributed by atoms with Crippen LogP contribution < -0.4 is 5.56 Å². The Balaban J connectivity index is 1.53. The Morgan fingerprint density at radius 1 is 1.18 bits per heavy atom. The van der Waals surface area contributed by atoms with Crippen LogP contribution in [0.15, 0.2) is 41.2 Å². The molecule has 4 rings (SSSR count). The average molecular weight is 383 g/mol. The van der Waals surface area contributed by atoms with E-state index in [0.29, 0.717) is 31.7 Å². The Hall–Kier alpha value is -2.47. The third kappa shape index (κ3) is 3.74. The Labute approximate surface area is 164 Å². The van der Waals surface area contributed by atoms with Gasteiger partial charge in [0.2, 0.25) is 5.91 Å². The second kappa shape index (κ2) is 7.51. The molecule has 2 aliphatic heterocycles. The van der Waals surface area contributed by atoms with Gasteiger partial charge < -0.3 is 14.4 Å². The fourth-order valence-corrected chi connectivity index (χ4v) is 4.59. The van der Waals surface area contributed by atoms with E-state index in [1.54, 1.807) is 12.1 Å². The molecule has 0 saturated carbocycles. The minimum absolute atomic E-state index is 0.0281. The molecular weight excluding hydrogens is 357 g/mol. The normalized spacial score (nSPS) is 20.9. The number of rotatable bonds is 4. The van der Waals surface area contributed by atoms with Gasteiger partial charge in [0.05, 0.1) is 6.42 Å². The predicted octanol–water partition coefficient (Wildman–Crippen LogP) is 2.24. The van der Waals surface area contributed by atoms with E-state index in [4.69, 9.17) is 0 Å². The van der Waals surface area contributed by atoms with Crippen LogP contribution in [0.4, 0.5) is 4.39 Å². The van der Waals surface area contributed by atoms with E-state index in [0.717, 1.165) is 17.7 Å². The summed E-state index contributed by atoms with van der Waals surface area (Å²) in [5.74, 6) is 0.183. The zero-order chi connectivity index (χ0) is 19.8. The molecule has 0 aliphatic carbocycles. The fraction of sp³-hybridized carbons (Fsp3) is 0.455. The molecule has 1 aromatic heterocycles. The van der Waals surface area contributed by atoms with Gasteiger partial charge in [-0.3, -0.25) is 9.59 Å². The Morgan fingerprint density at radius 2 is 2.00 bits per heavy atom. The number of halogens is 1. The number of amides is 1. The van der Waals surface area contributed by atoms with Gasteiger partial charge in [-0.05, 0) is 50.2 Å². The molecule has 0 unspecified atom stereocenters. The number of hydrogen-bond acceptors (Lipinski definition) is 3. The Morgan fingerprint density at radius 3 is 2.75 bits per heavy atom. The summed E-state index contributed by atoms with van der Waals surface area (Å²) in [6.07, 6.45) is 1.22. The highest BCUT2D eigenvalue weighted by Crippen LogP contribution is 2.35. The SMILES string of the molecule is CN(C)Cc1ccc2n(c1=O)C[C@H]1C[C@@H]2CN(C(=O)Cc2cccc(F)c2)C1. The molecule has 6 heteroatoms. The van der Waals surface area contributed by atoms with E-state index in [9.17, 15) is 14.0 Å². The van der Waals surface area contributed by atoms with Gasteiger partial charge in [0.15, 0.2) is 0 Å². The number of pyridine rings is 1. The zero-order valence-electron chi connectivity index (χ0n) is 16.4. The van der Waals surface area contributed by atoms with Crippen molar-refractivity contribution < 1.29 is 9.18 Å². The summed E-state index contributed by atoms with van der Waals surface area (Å²) in [7, 11) is 3.92. The van der Waals surface area contributed by atoms with Crippen LogP contribution in [0.2, 0.25) is 0 Å². The monoisotopic (exact) mass is 383 g/mol. The number of carbonyl (C=O) groups is 1. The molecule has 1 fully saturated rings. The highest BCUT2D eigenvalue weighted by atomic mass is 19.1. The van der Waals surface area contributed by atoms with Crippen LogP contribution in [0.5, 0.6) is 0 Å². The van der Waals surface area contributed by atoms with E-state index in [-0.39, 0.29) is 35.5 Å². The maximum absolute atomic E-state index is 13.4. The van der Waals surface area contributed by atoms with Gasteiger partial charge in [-0.2, -0.15) is 0 Å². The van der Waals surface area contributed by atoms with Crippen molar-refractivity contribution >= 4 is 5.91 Å². The molecule has 28 heavy (non-hydrogen) atoms. The van der Waals surface area contributed by atoms with Gasteiger partial charge in [-0.25, -0.2) is 4.39 Å². The van der Waals surface area contributed by atoms with Crippen molar-refractivity contribution in [3.8, 4) is 0 Å². The minimum atomic E-state index is -0.317. The van der Waals surface area contributed by atoms with E-state index >= 15 is 0 Å². The highest BCUT2D eigenvalue weighted by molar-refractivity contribution is 5.79. The van der Waals surface area contributed by atoms with E-state index in [1.165, 1.54) is 12.1 Å². The number of nitrogens with zero attached hydrogens (tertiary/aromatic N) is 3. The van der Waals surface area contributed by atoms with Crippen LogP contribution >= 0.6 is 0 Å². The van der Waals surface area contributed by atoms with Gasteiger partial charge in [0.25, 0.3) is 5.56 Å². The van der Waals surface area contributed by atoms with Crippen LogP contribution in [0.25, 0.3) is 0 Å². The number of likely N-dealkylation sites (tertiary alicyclic amines) is 1. The van der Waals surface area contributed by atoms with E-state index in [1.807, 2.05) is 34.5 Å². The molecule has 3 heterocycles. The van der Waals surface area contributed by atoms with Crippen LogP contribution in [0.3, 0.4) is 0 Å². The van der Waals surface area contributed by atoms with Crippen molar-refractivity contribution in [2.45, 2.75) is 31.8 Å². The van der Waals surface area contributed by atoms with Gasteiger partial charge in [-0.1, -0.05) is 18.2 Å². The maximum Gasteiger partial charge on any atom is 0.255 e. The largest absolute Gasteiger partial charge is 0.341 e. The second-order valence-electron chi connectivity index (χ2n) is 8.34. The number of piperidine rings is 1. The van der Waals surface area contributed by atoms with Crippen LogP contribution in [0.1, 0.15) is 29.2 Å². The maximum atomic E-state index is 13.4. The molecule has 2 aromatic rings. The Kier molecular flexibility index (Phi) is 5.06. The van der Waals surface area contributed by atoms with Gasteiger partial charge in [-0.15, -0.1) is 0 Å². The fourth-order valence-electron chi connectivity index (χ4n) is 4.59. The lowest BCUT2D eigenvalue weighted by Crippen LogP contribution is -2.49. The lowest BCUT2D eigenvalue weighted by atomic mass is 9.82. The van der Waals surface area contributed by atoms with Crippen LogP contribution in [0, 0.1) is 11.7 Å². The van der Waals surface area contributed by atoms with Gasteiger partial charge in [0.1, 0.15) is 5.82 Å². The smallest absolute Gasteiger partial charge is 0.255 e. The average Bonchev–Trinajstić information content (AvgIpc) is 2.64. The quantitative estimate of drug-likeness (QED) is 0.814. The Bertz CT molecular complexity index is 953. The molecule has 0 N–H and O–H groups in total. The number of aromatic nitrogens is 1. The first kappa shape index (κ1) is 18.9. The lowest BCUT2D eigenvalue weighted by Gasteiger charge is -2.43. The summed E-state index contributed by atoms with van der Waals surface area (Å²) < 4.78 is 15.3. The summed E-state index contributed by atoms with van der Waals surface area (Å²) >= 11 is 0. The summed E-state index contributed by atoms with van der Waals surface area (Å²) in [4.78, 5) is 29.6. The van der Waals surface area contributed by atoms with Crippen molar-refractivity contribution in [1.82, 2.24) is 14.4 Å². The van der Waals surface area contributed by atoms with Crippen molar-refractivity contribution in [3.05, 3.63) is 69.4 Å². The molecule has 0 radical (unpaired) electrons. The predicted molar refractivity (Wildman–Crippen MR) is 106 cm³/mol. The van der Waals surface area contributed by atoms with E-state index in [2.05, 4.69) is 6.07 Å². The molecular formula is C22H26FN3O2. The van der Waals surface area contributed by atoms with Gasteiger partial charge in [0, 0.05) is 43.4 Å². The first-order valence-electron chi connectivity index (χ1n) is 9.80.